The number of aryl methyl sites for hydroxylation is 1. The van der Waals surface area contributed by atoms with E-state index in [1.807, 2.05) is 4.57 Å². The minimum Gasteiger partial charge on any atom is -0.370 e. The maximum Gasteiger partial charge on any atom is 0.230 e. The first kappa shape index (κ1) is 19.1. The molecule has 134 valence electrons. The van der Waals surface area contributed by atoms with Gasteiger partial charge in [-0.3, -0.25) is 4.79 Å². The van der Waals surface area contributed by atoms with E-state index in [1.54, 1.807) is 12.4 Å². The highest BCUT2D eigenvalue weighted by Crippen LogP contribution is 2.15. The third-order valence-electron chi connectivity index (χ3n) is 3.69. The Morgan fingerprint density at radius 3 is 3.04 bits per heavy atom. The molecule has 0 unspecified atom stereocenters. The molecule has 1 heterocycles. The van der Waals surface area contributed by atoms with E-state index in [4.69, 9.17) is 0 Å². The summed E-state index contributed by atoms with van der Waals surface area (Å²) in [6.07, 6.45) is 3.42. The second-order valence-corrected chi connectivity index (χ2v) is 6.55. The molecule has 0 aliphatic carbocycles. The smallest absolute Gasteiger partial charge is 0.230 e. The fraction of sp³-hybridized carbons (Fsp3) is 0.389. The van der Waals surface area contributed by atoms with Crippen molar-refractivity contribution < 1.29 is 4.79 Å². The molecule has 1 aromatic carbocycles. The van der Waals surface area contributed by atoms with Gasteiger partial charge in [-0.15, -0.1) is 16.8 Å². The molecule has 0 aliphatic rings. The molecular weight excluding hydrogens is 334 g/mol. The van der Waals surface area contributed by atoms with Crippen LogP contribution in [0.1, 0.15) is 12.5 Å². The van der Waals surface area contributed by atoms with Crippen LogP contribution in [0.15, 0.2) is 48.4 Å². The molecular formula is C18H25N5OS. The zero-order valence-corrected chi connectivity index (χ0v) is 15.6. The van der Waals surface area contributed by atoms with Crippen LogP contribution < -0.4 is 10.2 Å². The van der Waals surface area contributed by atoms with Crippen molar-refractivity contribution in [2.75, 3.05) is 30.3 Å². The molecule has 0 bridgehead atoms. The van der Waals surface area contributed by atoms with E-state index in [9.17, 15) is 4.79 Å². The molecule has 1 aromatic heterocycles. The number of hydrogen-bond donors (Lipinski definition) is 1. The van der Waals surface area contributed by atoms with Crippen LogP contribution in [0.2, 0.25) is 0 Å². The van der Waals surface area contributed by atoms with E-state index in [0.29, 0.717) is 18.8 Å². The quantitative estimate of drug-likeness (QED) is 0.522. The average Bonchev–Trinajstić information content (AvgIpc) is 3.04. The van der Waals surface area contributed by atoms with Crippen LogP contribution in [0.4, 0.5) is 5.69 Å². The summed E-state index contributed by atoms with van der Waals surface area (Å²) in [4.78, 5) is 14.3. The monoisotopic (exact) mass is 359 g/mol. The number of aromatic nitrogens is 3. The number of benzene rings is 1. The number of likely N-dealkylation sites (N-methyl/N-ethyl adjacent to an activating group) is 1. The summed E-state index contributed by atoms with van der Waals surface area (Å²) in [5.41, 5.74) is 2.42. The van der Waals surface area contributed by atoms with Gasteiger partial charge in [-0.2, -0.15) is 0 Å². The van der Waals surface area contributed by atoms with Gasteiger partial charge in [-0.1, -0.05) is 30.0 Å². The van der Waals surface area contributed by atoms with Gasteiger partial charge >= 0.3 is 0 Å². The molecule has 0 radical (unpaired) electrons. The summed E-state index contributed by atoms with van der Waals surface area (Å²) in [7, 11) is 0. The summed E-state index contributed by atoms with van der Waals surface area (Å²) in [5, 5.41) is 11.6. The summed E-state index contributed by atoms with van der Waals surface area (Å²) >= 11 is 1.38. The lowest BCUT2D eigenvalue weighted by atomic mass is 10.2. The topological polar surface area (TPSA) is 63.1 Å². The van der Waals surface area contributed by atoms with Gasteiger partial charge in [0, 0.05) is 31.9 Å². The van der Waals surface area contributed by atoms with Gasteiger partial charge in [0.2, 0.25) is 5.91 Å². The van der Waals surface area contributed by atoms with E-state index in [-0.39, 0.29) is 5.91 Å². The van der Waals surface area contributed by atoms with Crippen LogP contribution in [0.5, 0.6) is 0 Å². The predicted molar refractivity (Wildman–Crippen MR) is 103 cm³/mol. The molecule has 0 saturated carbocycles. The first-order valence-electron chi connectivity index (χ1n) is 8.33. The molecule has 1 N–H and O–H groups in total. The lowest BCUT2D eigenvalue weighted by Gasteiger charge is -2.23. The highest BCUT2D eigenvalue weighted by Gasteiger charge is 2.09. The fourth-order valence-electron chi connectivity index (χ4n) is 2.43. The van der Waals surface area contributed by atoms with E-state index in [2.05, 4.69) is 65.1 Å². The number of nitrogens with zero attached hydrogens (tertiary/aromatic N) is 4. The molecule has 0 aliphatic heterocycles. The number of anilines is 1. The van der Waals surface area contributed by atoms with E-state index in [1.165, 1.54) is 23.0 Å². The molecule has 0 atom stereocenters. The highest BCUT2D eigenvalue weighted by molar-refractivity contribution is 7.99. The molecule has 0 spiro atoms. The normalized spacial score (nSPS) is 10.5. The van der Waals surface area contributed by atoms with Crippen LogP contribution in [0.3, 0.4) is 0 Å². The molecule has 7 heteroatoms. The zero-order valence-electron chi connectivity index (χ0n) is 14.8. The van der Waals surface area contributed by atoms with Gasteiger partial charge < -0.3 is 14.8 Å². The van der Waals surface area contributed by atoms with E-state index in [0.717, 1.165) is 18.2 Å². The average molecular weight is 359 g/mol. The van der Waals surface area contributed by atoms with Gasteiger partial charge in [0.05, 0.1) is 5.75 Å². The number of carbonyl (C=O) groups excluding carboxylic acids is 1. The molecule has 0 saturated heterocycles. The molecule has 0 fully saturated rings. The van der Waals surface area contributed by atoms with E-state index >= 15 is 0 Å². The Labute approximate surface area is 153 Å². The van der Waals surface area contributed by atoms with Crippen LogP contribution in [-0.2, 0) is 11.3 Å². The number of nitrogens with one attached hydrogen (secondary N) is 1. The third-order valence-corrected chi connectivity index (χ3v) is 4.67. The third kappa shape index (κ3) is 5.94. The summed E-state index contributed by atoms with van der Waals surface area (Å²) in [5.74, 6) is 0.324. The molecule has 25 heavy (non-hydrogen) atoms. The van der Waals surface area contributed by atoms with Crippen molar-refractivity contribution in [1.29, 1.82) is 0 Å². The zero-order chi connectivity index (χ0) is 18.1. The lowest BCUT2D eigenvalue weighted by molar-refractivity contribution is -0.118. The first-order valence-corrected chi connectivity index (χ1v) is 9.32. The number of carbonyl (C=O) groups is 1. The van der Waals surface area contributed by atoms with Crippen LogP contribution in [0.25, 0.3) is 0 Å². The largest absolute Gasteiger partial charge is 0.370 e. The Hall–Kier alpha value is -2.28. The SMILES string of the molecule is C=CCn1cnnc1SCC(=O)NCCN(CC)c1cccc(C)c1. The van der Waals surface area contributed by atoms with Crippen molar-refractivity contribution in [3.8, 4) is 0 Å². The number of thioether (sulfide) groups is 1. The highest BCUT2D eigenvalue weighted by atomic mass is 32.2. The molecule has 1 amide bonds. The Kier molecular flexibility index (Phi) is 7.53. The lowest BCUT2D eigenvalue weighted by Crippen LogP contribution is -2.35. The van der Waals surface area contributed by atoms with Crippen molar-refractivity contribution in [1.82, 2.24) is 20.1 Å². The Bertz CT molecular complexity index is 700. The second kappa shape index (κ2) is 9.88. The van der Waals surface area contributed by atoms with Gasteiger partial charge in [-0.25, -0.2) is 0 Å². The minimum atomic E-state index is -0.00144. The Morgan fingerprint density at radius 1 is 1.48 bits per heavy atom. The number of rotatable bonds is 10. The van der Waals surface area contributed by atoms with Crippen LogP contribution >= 0.6 is 11.8 Å². The maximum atomic E-state index is 12.0. The van der Waals surface area contributed by atoms with Gasteiger partial charge in [0.15, 0.2) is 5.16 Å². The Morgan fingerprint density at radius 2 is 2.32 bits per heavy atom. The van der Waals surface area contributed by atoms with Crippen molar-refractivity contribution in [3.63, 3.8) is 0 Å². The van der Waals surface area contributed by atoms with E-state index < -0.39 is 0 Å². The van der Waals surface area contributed by atoms with Crippen molar-refractivity contribution in [3.05, 3.63) is 48.8 Å². The second-order valence-electron chi connectivity index (χ2n) is 5.61. The fourth-order valence-corrected chi connectivity index (χ4v) is 3.18. The van der Waals surface area contributed by atoms with Gasteiger partial charge in [-0.05, 0) is 31.5 Å². The first-order chi connectivity index (χ1) is 12.1. The van der Waals surface area contributed by atoms with Gasteiger partial charge in [0.1, 0.15) is 6.33 Å². The van der Waals surface area contributed by atoms with Crippen LogP contribution in [0, 0.1) is 6.92 Å². The standard InChI is InChI=1S/C18H25N5OS/c1-4-10-23-14-20-21-18(23)25-13-17(24)19-9-11-22(5-2)16-8-6-7-15(3)12-16/h4,6-8,12,14H,1,5,9-11,13H2,2-3H3,(H,19,24). The van der Waals surface area contributed by atoms with Crippen molar-refractivity contribution in [2.45, 2.75) is 25.5 Å². The molecule has 6 nitrogen and oxygen atoms in total. The molecule has 2 rings (SSSR count). The van der Waals surface area contributed by atoms with Crippen LogP contribution in [-0.4, -0.2) is 46.1 Å². The number of amides is 1. The Balaban J connectivity index is 1.75. The molecule has 2 aromatic rings. The predicted octanol–water partition coefficient (Wildman–Crippen LogP) is 2.51. The summed E-state index contributed by atoms with van der Waals surface area (Å²) < 4.78 is 1.86. The minimum absolute atomic E-state index is 0.00144. The number of hydrogen-bond acceptors (Lipinski definition) is 5. The van der Waals surface area contributed by atoms with Gasteiger partial charge in [0.25, 0.3) is 0 Å². The number of allylic oxidation sites excluding steroid dienone is 1. The van der Waals surface area contributed by atoms with Crippen molar-refractivity contribution in [2.24, 2.45) is 0 Å². The van der Waals surface area contributed by atoms with Crippen molar-refractivity contribution >= 4 is 23.4 Å². The maximum absolute atomic E-state index is 12.0. The summed E-state index contributed by atoms with van der Waals surface area (Å²) in [6.45, 7) is 10.8. The summed E-state index contributed by atoms with van der Waals surface area (Å²) in [6, 6.07) is 8.40.